The van der Waals surface area contributed by atoms with E-state index in [1.807, 2.05) is 4.90 Å². The van der Waals surface area contributed by atoms with Crippen molar-refractivity contribution in [2.75, 3.05) is 66.0 Å². The van der Waals surface area contributed by atoms with Crippen molar-refractivity contribution in [3.63, 3.8) is 0 Å². The van der Waals surface area contributed by atoms with Crippen molar-refractivity contribution in [1.82, 2.24) is 24.9 Å². The van der Waals surface area contributed by atoms with Crippen LogP contribution in [0.5, 0.6) is 0 Å². The Bertz CT molecular complexity index is 786. The summed E-state index contributed by atoms with van der Waals surface area (Å²) < 4.78 is 15.6. The Morgan fingerprint density at radius 2 is 1.72 bits per heavy atom. The molecule has 3 aliphatic rings. The molecule has 3 aliphatic heterocycles. The van der Waals surface area contributed by atoms with E-state index in [1.54, 1.807) is 25.7 Å². The first-order chi connectivity index (χ1) is 17.0. The van der Waals surface area contributed by atoms with Gasteiger partial charge in [-0.05, 0) is 46.6 Å². The highest BCUT2D eigenvalue weighted by Crippen LogP contribution is 2.23. The SMILES string of the molecule is COC(=O)CCCN1CCN(CC2CN(C3CCN(C(=N)NC(=O)OC(C)(C)C)CC3)C(=O)O2)CC1. The molecule has 12 nitrogen and oxygen atoms in total. The van der Waals surface area contributed by atoms with E-state index >= 15 is 0 Å². The number of likely N-dealkylation sites (tertiary alicyclic amines) is 1. The number of piperidine rings is 1. The molecule has 1 atom stereocenters. The molecule has 0 radical (unpaired) electrons. The number of hydrogen-bond acceptors (Lipinski definition) is 9. The maximum atomic E-state index is 12.6. The fraction of sp³-hybridized carbons (Fsp3) is 0.833. The lowest BCUT2D eigenvalue weighted by molar-refractivity contribution is -0.140. The van der Waals surface area contributed by atoms with E-state index in [9.17, 15) is 14.4 Å². The second-order valence-corrected chi connectivity index (χ2v) is 10.7. The summed E-state index contributed by atoms with van der Waals surface area (Å²) in [5.74, 6) is -0.142. The number of alkyl carbamates (subject to hydrolysis) is 1. The summed E-state index contributed by atoms with van der Waals surface area (Å²) >= 11 is 0. The number of carbonyl (C=O) groups is 3. The van der Waals surface area contributed by atoms with E-state index in [0.29, 0.717) is 38.9 Å². The molecule has 0 aromatic heterocycles. The van der Waals surface area contributed by atoms with Gasteiger partial charge in [-0.25, -0.2) is 9.59 Å². The first-order valence-corrected chi connectivity index (χ1v) is 12.9. The van der Waals surface area contributed by atoms with Gasteiger partial charge in [0, 0.05) is 58.3 Å². The number of methoxy groups -OCH3 is 1. The molecule has 12 heteroatoms. The molecule has 3 saturated heterocycles. The molecule has 0 spiro atoms. The topological polar surface area (TPSA) is 128 Å². The van der Waals surface area contributed by atoms with Crippen LogP contribution in [0.4, 0.5) is 9.59 Å². The first-order valence-electron chi connectivity index (χ1n) is 12.9. The van der Waals surface area contributed by atoms with Crippen molar-refractivity contribution < 1.29 is 28.6 Å². The number of piperazine rings is 1. The minimum Gasteiger partial charge on any atom is -0.469 e. The van der Waals surface area contributed by atoms with Crippen LogP contribution < -0.4 is 5.32 Å². The predicted molar refractivity (Wildman–Crippen MR) is 133 cm³/mol. The summed E-state index contributed by atoms with van der Waals surface area (Å²) in [6, 6.07) is 0.0692. The van der Waals surface area contributed by atoms with Crippen molar-refractivity contribution in [2.45, 2.75) is 64.2 Å². The number of ether oxygens (including phenoxy) is 3. The molecule has 0 aromatic rings. The van der Waals surface area contributed by atoms with Crippen LogP contribution in [0.15, 0.2) is 0 Å². The smallest absolute Gasteiger partial charge is 0.414 e. The number of rotatable bonds is 7. The van der Waals surface area contributed by atoms with Crippen molar-refractivity contribution in [1.29, 1.82) is 5.41 Å². The number of cyclic esters (lactones) is 1. The Labute approximate surface area is 213 Å². The van der Waals surface area contributed by atoms with Gasteiger partial charge in [-0.3, -0.25) is 20.4 Å². The van der Waals surface area contributed by atoms with Crippen molar-refractivity contribution in [3.8, 4) is 0 Å². The third-order valence-electron chi connectivity index (χ3n) is 6.75. The highest BCUT2D eigenvalue weighted by molar-refractivity contribution is 5.92. The van der Waals surface area contributed by atoms with Crippen LogP contribution in [0, 0.1) is 5.41 Å². The second-order valence-electron chi connectivity index (χ2n) is 10.7. The lowest BCUT2D eigenvalue weighted by Gasteiger charge is -2.37. The summed E-state index contributed by atoms with van der Waals surface area (Å²) in [5.41, 5.74) is -0.622. The standard InChI is InChI=1S/C24H42N6O6/c1-24(2,3)36-22(32)26-21(25)29-10-7-18(8-11-29)30-17-19(35-23(30)33)16-28-14-12-27(13-15-28)9-5-6-20(31)34-4/h18-19H,5-17H2,1-4H3,(H2,25,26,32). The minimum absolute atomic E-state index is 0.0222. The van der Waals surface area contributed by atoms with Gasteiger partial charge in [0.2, 0.25) is 5.96 Å². The molecule has 204 valence electrons. The third-order valence-corrected chi connectivity index (χ3v) is 6.75. The lowest BCUT2D eigenvalue weighted by Crippen LogP contribution is -2.52. The highest BCUT2D eigenvalue weighted by atomic mass is 16.6. The van der Waals surface area contributed by atoms with Crippen LogP contribution in [0.25, 0.3) is 0 Å². The Balaban J connectivity index is 1.35. The van der Waals surface area contributed by atoms with Crippen LogP contribution in [0.2, 0.25) is 0 Å². The summed E-state index contributed by atoms with van der Waals surface area (Å²) in [7, 11) is 1.42. The van der Waals surface area contributed by atoms with Crippen LogP contribution in [-0.2, 0) is 19.0 Å². The second kappa shape index (κ2) is 12.6. The minimum atomic E-state index is -0.636. The van der Waals surface area contributed by atoms with E-state index < -0.39 is 11.7 Å². The summed E-state index contributed by atoms with van der Waals surface area (Å²) in [4.78, 5) is 44.1. The van der Waals surface area contributed by atoms with E-state index in [0.717, 1.165) is 45.7 Å². The van der Waals surface area contributed by atoms with Gasteiger partial charge in [0.05, 0.1) is 13.7 Å². The molecule has 0 bridgehead atoms. The molecular weight excluding hydrogens is 468 g/mol. The molecule has 0 saturated carbocycles. The fourth-order valence-corrected chi connectivity index (χ4v) is 4.85. The number of hydrogen-bond donors (Lipinski definition) is 2. The molecule has 0 aliphatic carbocycles. The van der Waals surface area contributed by atoms with Crippen LogP contribution in [0.3, 0.4) is 0 Å². The Hall–Kier alpha value is -2.60. The molecule has 1 unspecified atom stereocenters. The maximum Gasteiger partial charge on any atom is 0.414 e. The Morgan fingerprint density at radius 3 is 2.33 bits per heavy atom. The molecule has 36 heavy (non-hydrogen) atoms. The van der Waals surface area contributed by atoms with Gasteiger partial charge in [0.1, 0.15) is 11.7 Å². The number of carbonyl (C=O) groups excluding carboxylic acids is 3. The Morgan fingerprint density at radius 1 is 1.08 bits per heavy atom. The third kappa shape index (κ3) is 8.51. The molecule has 2 amide bonds. The zero-order valence-corrected chi connectivity index (χ0v) is 22.1. The number of esters is 1. The average molecular weight is 511 g/mol. The normalized spacial score (nSPS) is 22.3. The van der Waals surface area contributed by atoms with E-state index in [-0.39, 0.29) is 30.2 Å². The Kier molecular flexibility index (Phi) is 9.77. The van der Waals surface area contributed by atoms with E-state index in [1.165, 1.54) is 7.11 Å². The van der Waals surface area contributed by atoms with Gasteiger partial charge in [-0.2, -0.15) is 0 Å². The molecular formula is C24H42N6O6. The molecule has 3 fully saturated rings. The predicted octanol–water partition coefficient (Wildman–Crippen LogP) is 1.30. The maximum absolute atomic E-state index is 12.6. The zero-order chi connectivity index (χ0) is 26.3. The number of nitrogens with one attached hydrogen (secondary N) is 2. The fourth-order valence-electron chi connectivity index (χ4n) is 4.85. The van der Waals surface area contributed by atoms with Gasteiger partial charge in [-0.1, -0.05) is 0 Å². The number of guanidine groups is 1. The molecule has 3 rings (SSSR count). The largest absolute Gasteiger partial charge is 0.469 e. The molecule has 0 aromatic carbocycles. The van der Waals surface area contributed by atoms with Crippen LogP contribution >= 0.6 is 0 Å². The molecule has 2 N–H and O–H groups in total. The van der Waals surface area contributed by atoms with Crippen LogP contribution in [-0.4, -0.2) is 127 Å². The highest BCUT2D eigenvalue weighted by Gasteiger charge is 2.38. The quantitative estimate of drug-likeness (QED) is 0.225. The summed E-state index contributed by atoms with van der Waals surface area (Å²) in [5, 5.41) is 10.7. The summed E-state index contributed by atoms with van der Waals surface area (Å²) in [6.07, 6.45) is 1.63. The van der Waals surface area contributed by atoms with Crippen molar-refractivity contribution >= 4 is 24.1 Å². The van der Waals surface area contributed by atoms with E-state index in [4.69, 9.17) is 19.6 Å². The van der Waals surface area contributed by atoms with E-state index in [2.05, 4.69) is 15.1 Å². The zero-order valence-electron chi connectivity index (χ0n) is 22.1. The lowest BCUT2D eigenvalue weighted by atomic mass is 10.0. The number of amides is 2. The molecule has 3 heterocycles. The van der Waals surface area contributed by atoms with Gasteiger partial charge >= 0.3 is 18.2 Å². The average Bonchev–Trinajstić information content (AvgIpc) is 3.18. The van der Waals surface area contributed by atoms with Gasteiger partial charge in [-0.15, -0.1) is 0 Å². The number of nitrogens with zero attached hydrogens (tertiary/aromatic N) is 4. The monoisotopic (exact) mass is 510 g/mol. The summed E-state index contributed by atoms with van der Waals surface area (Å²) in [6.45, 7) is 12.4. The van der Waals surface area contributed by atoms with Crippen molar-refractivity contribution in [3.05, 3.63) is 0 Å². The van der Waals surface area contributed by atoms with Gasteiger partial charge in [0.15, 0.2) is 0 Å². The first kappa shape index (κ1) is 28.0. The van der Waals surface area contributed by atoms with Gasteiger partial charge < -0.3 is 28.9 Å². The van der Waals surface area contributed by atoms with Crippen molar-refractivity contribution in [2.24, 2.45) is 0 Å². The van der Waals surface area contributed by atoms with Crippen LogP contribution in [0.1, 0.15) is 46.5 Å². The van der Waals surface area contributed by atoms with Gasteiger partial charge in [0.25, 0.3) is 0 Å².